The van der Waals surface area contributed by atoms with Gasteiger partial charge in [-0.15, -0.1) is 0 Å². The van der Waals surface area contributed by atoms with Gasteiger partial charge in [0.15, 0.2) is 0 Å². The maximum atomic E-state index is 12.8. The Morgan fingerprint density at radius 3 is 2.65 bits per heavy atom. The number of pyridine rings is 1. The molecule has 0 bridgehead atoms. The average Bonchev–Trinajstić information content (AvgIpc) is 2.90. The molecule has 0 radical (unpaired) electrons. The summed E-state index contributed by atoms with van der Waals surface area (Å²) in [6, 6.07) is 16.1. The van der Waals surface area contributed by atoms with Crippen molar-refractivity contribution < 1.29 is 0 Å². The number of hydrogen-bond donors (Lipinski definition) is 2. The average molecular weight is 364 g/mol. The van der Waals surface area contributed by atoms with Crippen LogP contribution in [0.2, 0.25) is 5.02 Å². The zero-order valence-corrected chi connectivity index (χ0v) is 14.4. The van der Waals surface area contributed by atoms with Gasteiger partial charge in [0.25, 0.3) is 11.1 Å². The zero-order chi connectivity index (χ0) is 18.3. The molecule has 0 saturated heterocycles. The van der Waals surface area contributed by atoms with Crippen LogP contribution in [0.25, 0.3) is 29.2 Å². The number of H-pyrrole nitrogens is 2. The summed E-state index contributed by atoms with van der Waals surface area (Å²) in [4.78, 5) is 27.9. The predicted molar refractivity (Wildman–Crippen MR) is 104 cm³/mol. The minimum absolute atomic E-state index is 0.266. The standard InChI is InChI=1S/C20H14ClN3O2/c1-12-17(20(26)24(23-12)16-7-4-6-15(21)11-16)10-14-9-13-5-2-3-8-18(13)22-19(14)25/h2-11,23H,1H2,(H,22,25)/b17-10-. The van der Waals surface area contributed by atoms with E-state index >= 15 is 0 Å². The van der Waals surface area contributed by atoms with E-state index in [4.69, 9.17) is 11.6 Å². The van der Waals surface area contributed by atoms with Gasteiger partial charge in [0.05, 0.1) is 16.3 Å². The molecule has 128 valence electrons. The van der Waals surface area contributed by atoms with Gasteiger partial charge in [-0.3, -0.25) is 14.7 Å². The number of rotatable bonds is 2. The third-order valence-corrected chi connectivity index (χ3v) is 4.39. The largest absolute Gasteiger partial charge is 0.321 e. The third-order valence-electron chi connectivity index (χ3n) is 4.15. The second-order valence-electron chi connectivity index (χ2n) is 5.91. The molecule has 0 aliphatic heterocycles. The van der Waals surface area contributed by atoms with E-state index in [2.05, 4.69) is 16.7 Å². The Bertz CT molecular complexity index is 1360. The molecule has 4 aromatic rings. The number of nitrogens with one attached hydrogen (secondary N) is 2. The highest BCUT2D eigenvalue weighted by Crippen LogP contribution is 2.12. The molecule has 0 spiro atoms. The third kappa shape index (κ3) is 2.78. The number of benzene rings is 2. The molecule has 2 aromatic heterocycles. The molecular formula is C20H14ClN3O2. The van der Waals surface area contributed by atoms with Crippen molar-refractivity contribution in [1.82, 2.24) is 14.8 Å². The molecular weight excluding hydrogens is 350 g/mol. The Morgan fingerprint density at radius 2 is 1.85 bits per heavy atom. The van der Waals surface area contributed by atoms with E-state index in [-0.39, 0.29) is 11.1 Å². The maximum Gasteiger partial charge on any atom is 0.279 e. The highest BCUT2D eigenvalue weighted by molar-refractivity contribution is 6.30. The molecule has 4 rings (SSSR count). The molecule has 0 fully saturated rings. The molecule has 0 amide bonds. The van der Waals surface area contributed by atoms with E-state index in [1.54, 1.807) is 36.4 Å². The van der Waals surface area contributed by atoms with Crippen molar-refractivity contribution in [3.8, 4) is 5.69 Å². The summed E-state index contributed by atoms with van der Waals surface area (Å²) >= 11 is 6.00. The van der Waals surface area contributed by atoms with Crippen LogP contribution in [0.1, 0.15) is 5.56 Å². The van der Waals surface area contributed by atoms with Crippen LogP contribution in [0.15, 0.2) is 64.2 Å². The topological polar surface area (TPSA) is 70.7 Å². The maximum absolute atomic E-state index is 12.8. The minimum Gasteiger partial charge on any atom is -0.321 e. The number of para-hydroxylation sites is 1. The lowest BCUT2D eigenvalue weighted by Crippen LogP contribution is -2.34. The summed E-state index contributed by atoms with van der Waals surface area (Å²) < 4.78 is 1.36. The Morgan fingerprint density at radius 1 is 1.04 bits per heavy atom. The van der Waals surface area contributed by atoms with E-state index < -0.39 is 0 Å². The summed E-state index contributed by atoms with van der Waals surface area (Å²) in [5, 5.41) is 5.07. The lowest BCUT2D eigenvalue weighted by Gasteiger charge is -2.00. The Hall–Kier alpha value is -3.31. The number of halogens is 1. The van der Waals surface area contributed by atoms with Crippen LogP contribution >= 0.6 is 11.6 Å². The van der Waals surface area contributed by atoms with Crippen LogP contribution in [0, 0.1) is 0 Å². The first-order valence-electron chi connectivity index (χ1n) is 7.93. The lowest BCUT2D eigenvalue weighted by atomic mass is 10.1. The van der Waals surface area contributed by atoms with Crippen molar-refractivity contribution in [3.05, 3.63) is 96.5 Å². The lowest BCUT2D eigenvalue weighted by molar-refractivity contribution is 0.838. The van der Waals surface area contributed by atoms with Crippen molar-refractivity contribution >= 4 is 35.2 Å². The van der Waals surface area contributed by atoms with Gasteiger partial charge in [-0.2, -0.15) is 0 Å². The fourth-order valence-electron chi connectivity index (χ4n) is 2.87. The summed E-state index contributed by atoms with van der Waals surface area (Å²) in [6.45, 7) is 3.89. The van der Waals surface area contributed by atoms with Crippen molar-refractivity contribution in [1.29, 1.82) is 0 Å². The van der Waals surface area contributed by atoms with Crippen LogP contribution in [-0.4, -0.2) is 14.8 Å². The highest BCUT2D eigenvalue weighted by atomic mass is 35.5. The predicted octanol–water partition coefficient (Wildman–Crippen LogP) is 1.90. The number of nitrogens with zero attached hydrogens (tertiary/aromatic N) is 1. The highest BCUT2D eigenvalue weighted by Gasteiger charge is 2.07. The van der Waals surface area contributed by atoms with Gasteiger partial charge in [0, 0.05) is 16.1 Å². The number of fused-ring (bicyclic) bond motifs is 1. The number of aromatic amines is 2. The smallest absolute Gasteiger partial charge is 0.279 e. The van der Waals surface area contributed by atoms with Crippen LogP contribution < -0.4 is 21.7 Å². The van der Waals surface area contributed by atoms with Gasteiger partial charge in [0.2, 0.25) is 0 Å². The minimum atomic E-state index is -0.301. The number of aromatic nitrogens is 3. The first-order valence-corrected chi connectivity index (χ1v) is 8.30. The quantitative estimate of drug-likeness (QED) is 0.571. The normalized spacial score (nSPS) is 12.0. The SMILES string of the molecule is C=c1[nH]n(-c2cccc(Cl)c2)c(=O)/c1=C\c1cc2ccccc2[nH]c1=O. The first-order chi connectivity index (χ1) is 12.5. The van der Waals surface area contributed by atoms with Gasteiger partial charge in [-0.1, -0.05) is 42.4 Å². The first kappa shape index (κ1) is 16.2. The Balaban J connectivity index is 1.95. The molecule has 6 heteroatoms. The summed E-state index contributed by atoms with van der Waals surface area (Å²) in [5.41, 5.74) is 1.17. The van der Waals surface area contributed by atoms with E-state index in [0.29, 0.717) is 26.8 Å². The van der Waals surface area contributed by atoms with E-state index in [9.17, 15) is 9.59 Å². The van der Waals surface area contributed by atoms with Crippen LogP contribution in [0.5, 0.6) is 0 Å². The van der Waals surface area contributed by atoms with E-state index in [1.807, 2.05) is 24.3 Å². The van der Waals surface area contributed by atoms with Gasteiger partial charge >= 0.3 is 0 Å². The summed E-state index contributed by atoms with van der Waals surface area (Å²) in [7, 11) is 0. The summed E-state index contributed by atoms with van der Waals surface area (Å²) in [6.07, 6.45) is 1.55. The Kier molecular flexibility index (Phi) is 3.86. The van der Waals surface area contributed by atoms with Gasteiger partial charge in [-0.25, -0.2) is 4.68 Å². The molecule has 0 aliphatic rings. The van der Waals surface area contributed by atoms with Crippen molar-refractivity contribution in [3.63, 3.8) is 0 Å². The molecule has 0 aliphatic carbocycles. The molecule has 0 unspecified atom stereocenters. The molecule has 26 heavy (non-hydrogen) atoms. The molecule has 2 aromatic carbocycles. The fraction of sp³-hybridized carbons (Fsp3) is 0. The van der Waals surface area contributed by atoms with Gasteiger partial charge in [-0.05, 0) is 41.8 Å². The molecule has 2 heterocycles. The monoisotopic (exact) mass is 363 g/mol. The number of hydrogen-bond acceptors (Lipinski definition) is 2. The van der Waals surface area contributed by atoms with Gasteiger partial charge in [0.1, 0.15) is 0 Å². The van der Waals surface area contributed by atoms with Gasteiger partial charge < -0.3 is 4.98 Å². The summed E-state index contributed by atoms with van der Waals surface area (Å²) in [5.74, 6) is 0. The van der Waals surface area contributed by atoms with Crippen molar-refractivity contribution in [2.45, 2.75) is 0 Å². The van der Waals surface area contributed by atoms with Crippen molar-refractivity contribution in [2.75, 3.05) is 0 Å². The zero-order valence-electron chi connectivity index (χ0n) is 13.6. The second-order valence-corrected chi connectivity index (χ2v) is 6.35. The molecule has 0 saturated carbocycles. The molecule has 2 N–H and O–H groups in total. The molecule has 0 atom stereocenters. The fourth-order valence-corrected chi connectivity index (χ4v) is 3.05. The van der Waals surface area contributed by atoms with Crippen LogP contribution in [0.4, 0.5) is 0 Å². The second kappa shape index (κ2) is 6.20. The van der Waals surface area contributed by atoms with Crippen LogP contribution in [0.3, 0.4) is 0 Å². The van der Waals surface area contributed by atoms with Crippen LogP contribution in [-0.2, 0) is 0 Å². The van der Waals surface area contributed by atoms with E-state index in [1.165, 1.54) is 4.68 Å². The molecule has 5 nitrogen and oxygen atoms in total. The Labute approximate surface area is 152 Å². The van der Waals surface area contributed by atoms with Crippen molar-refractivity contribution in [2.24, 2.45) is 0 Å². The van der Waals surface area contributed by atoms with E-state index in [0.717, 1.165) is 10.9 Å².